The molecule has 0 aliphatic carbocycles. The first kappa shape index (κ1) is 27.0. The van der Waals surface area contributed by atoms with E-state index in [4.69, 9.17) is 0 Å². The van der Waals surface area contributed by atoms with Gasteiger partial charge in [0.25, 0.3) is 0 Å². The Morgan fingerprint density at radius 2 is 0.915 bits per heavy atom. The van der Waals surface area contributed by atoms with E-state index in [0.29, 0.717) is 0 Å². The van der Waals surface area contributed by atoms with Gasteiger partial charge in [0.1, 0.15) is 5.65 Å². The molecule has 0 radical (unpaired) electrons. The van der Waals surface area contributed by atoms with Gasteiger partial charge < -0.3 is 4.90 Å². The lowest BCUT2D eigenvalue weighted by Crippen LogP contribution is -2.09. The molecule has 3 heterocycles. The van der Waals surface area contributed by atoms with Crippen LogP contribution < -0.4 is 4.90 Å². The lowest BCUT2D eigenvalue weighted by atomic mass is 10.0. The third-order valence-electron chi connectivity index (χ3n) is 8.99. The Bertz CT molecular complexity index is 2440. The zero-order valence-electron chi connectivity index (χ0n) is 25.6. The molecule has 3 aromatic heterocycles. The van der Waals surface area contributed by atoms with Crippen LogP contribution in [0.1, 0.15) is 0 Å². The van der Waals surface area contributed by atoms with Crippen molar-refractivity contribution >= 4 is 49.9 Å². The summed E-state index contributed by atoms with van der Waals surface area (Å²) < 4.78 is 4.83. The summed E-state index contributed by atoms with van der Waals surface area (Å²) in [5.74, 6) is 0. The number of aromatic nitrogens is 3. The predicted molar refractivity (Wildman–Crippen MR) is 196 cm³/mol. The van der Waals surface area contributed by atoms with Crippen LogP contribution in [0.15, 0.2) is 182 Å². The SMILES string of the molecule is c1ccc(N(c2ccncc2)c2ccc(-c3ccc4c5c6ccccc6n(-c6ccccc6)c5n(-c5ccccc5)c4c3)cc2)cc1. The summed E-state index contributed by atoms with van der Waals surface area (Å²) in [6, 6.07) is 60.5. The second-order valence-corrected chi connectivity index (χ2v) is 11.7. The molecule has 0 saturated heterocycles. The summed E-state index contributed by atoms with van der Waals surface area (Å²) in [5.41, 5.74) is 11.4. The van der Waals surface area contributed by atoms with E-state index in [1.54, 1.807) is 0 Å². The van der Waals surface area contributed by atoms with Crippen LogP contribution in [0.5, 0.6) is 0 Å². The average molecular weight is 603 g/mol. The van der Waals surface area contributed by atoms with E-state index in [9.17, 15) is 0 Å². The van der Waals surface area contributed by atoms with Crippen LogP contribution in [-0.4, -0.2) is 14.1 Å². The Morgan fingerprint density at radius 1 is 0.404 bits per heavy atom. The van der Waals surface area contributed by atoms with Crippen molar-refractivity contribution in [3.05, 3.63) is 182 Å². The minimum Gasteiger partial charge on any atom is -0.310 e. The highest BCUT2D eigenvalue weighted by molar-refractivity contribution is 6.22. The van der Waals surface area contributed by atoms with Crippen LogP contribution in [0.3, 0.4) is 0 Å². The fourth-order valence-corrected chi connectivity index (χ4v) is 6.92. The van der Waals surface area contributed by atoms with Crippen LogP contribution in [0.4, 0.5) is 17.1 Å². The molecule has 6 aromatic carbocycles. The number of pyridine rings is 1. The van der Waals surface area contributed by atoms with Gasteiger partial charge in [-0.3, -0.25) is 14.1 Å². The number of rotatable bonds is 6. The molecule has 0 atom stereocenters. The molecule has 47 heavy (non-hydrogen) atoms. The van der Waals surface area contributed by atoms with Crippen molar-refractivity contribution in [1.29, 1.82) is 0 Å². The summed E-state index contributed by atoms with van der Waals surface area (Å²) in [5, 5.41) is 3.75. The molecule has 0 unspecified atom stereocenters. The molecule has 4 heteroatoms. The number of fused-ring (bicyclic) bond motifs is 5. The minimum absolute atomic E-state index is 1.07. The van der Waals surface area contributed by atoms with E-state index >= 15 is 0 Å². The lowest BCUT2D eigenvalue weighted by Gasteiger charge is -2.25. The molecule has 0 bridgehead atoms. The monoisotopic (exact) mass is 602 g/mol. The summed E-state index contributed by atoms with van der Waals surface area (Å²) in [6.07, 6.45) is 3.68. The van der Waals surface area contributed by atoms with Crippen molar-refractivity contribution in [1.82, 2.24) is 14.1 Å². The molecule has 222 valence electrons. The second-order valence-electron chi connectivity index (χ2n) is 11.7. The number of nitrogens with zero attached hydrogens (tertiary/aromatic N) is 4. The molecule has 0 aliphatic rings. The van der Waals surface area contributed by atoms with Gasteiger partial charge in [-0.1, -0.05) is 97.1 Å². The molecule has 9 rings (SSSR count). The fourth-order valence-electron chi connectivity index (χ4n) is 6.92. The maximum atomic E-state index is 4.24. The Morgan fingerprint density at radius 3 is 1.60 bits per heavy atom. The van der Waals surface area contributed by atoms with E-state index in [-0.39, 0.29) is 0 Å². The maximum Gasteiger partial charge on any atom is 0.131 e. The first-order valence-electron chi connectivity index (χ1n) is 15.9. The Labute approximate surface area is 273 Å². The smallest absolute Gasteiger partial charge is 0.131 e. The summed E-state index contributed by atoms with van der Waals surface area (Å²) in [4.78, 5) is 6.50. The van der Waals surface area contributed by atoms with Gasteiger partial charge >= 0.3 is 0 Å². The Balaban J connectivity index is 1.24. The van der Waals surface area contributed by atoms with Crippen LogP contribution in [0, 0.1) is 0 Å². The molecule has 0 aliphatic heterocycles. The molecule has 0 amide bonds. The largest absolute Gasteiger partial charge is 0.310 e. The predicted octanol–water partition coefficient (Wildman–Crippen LogP) is 11.3. The third-order valence-corrected chi connectivity index (χ3v) is 8.99. The highest BCUT2D eigenvalue weighted by Gasteiger charge is 2.22. The van der Waals surface area contributed by atoms with E-state index in [0.717, 1.165) is 28.4 Å². The molecule has 9 aromatic rings. The number of anilines is 3. The van der Waals surface area contributed by atoms with Crippen LogP contribution in [0.25, 0.3) is 55.3 Å². The van der Waals surface area contributed by atoms with Gasteiger partial charge in [-0.15, -0.1) is 0 Å². The third kappa shape index (κ3) is 4.50. The number of benzene rings is 6. The van der Waals surface area contributed by atoms with Gasteiger partial charge in [-0.2, -0.15) is 0 Å². The minimum atomic E-state index is 1.07. The van der Waals surface area contributed by atoms with E-state index in [2.05, 4.69) is 171 Å². The standard InChI is InChI=1S/C43H30N4/c1-4-12-33(13-5-1)45(37-26-28-44-29-27-37)36-23-20-31(21-24-36)32-22-25-39-41(30-32)47(35-16-8-3-9-17-35)43-42(39)38-18-10-11-19-40(38)46(43)34-14-6-2-7-15-34/h1-30H. The van der Waals surface area contributed by atoms with Gasteiger partial charge in [-0.05, 0) is 83.9 Å². The first-order chi connectivity index (χ1) is 23.3. The van der Waals surface area contributed by atoms with E-state index in [1.807, 2.05) is 30.6 Å². The Hall–Kier alpha value is -6.39. The zero-order chi connectivity index (χ0) is 31.2. The van der Waals surface area contributed by atoms with Crippen molar-refractivity contribution in [3.63, 3.8) is 0 Å². The normalized spacial score (nSPS) is 11.4. The molecule has 0 saturated carbocycles. The van der Waals surface area contributed by atoms with Gasteiger partial charge in [0.05, 0.1) is 11.0 Å². The van der Waals surface area contributed by atoms with Crippen molar-refractivity contribution in [2.75, 3.05) is 4.90 Å². The molecular formula is C43H30N4. The summed E-state index contributed by atoms with van der Waals surface area (Å²) in [7, 11) is 0. The summed E-state index contributed by atoms with van der Waals surface area (Å²) >= 11 is 0. The van der Waals surface area contributed by atoms with Gasteiger partial charge in [0, 0.05) is 57.0 Å². The van der Waals surface area contributed by atoms with Gasteiger partial charge in [0.15, 0.2) is 0 Å². The van der Waals surface area contributed by atoms with Gasteiger partial charge in [-0.25, -0.2) is 0 Å². The fraction of sp³-hybridized carbons (Fsp3) is 0. The zero-order valence-corrected chi connectivity index (χ0v) is 25.6. The van der Waals surface area contributed by atoms with E-state index in [1.165, 1.54) is 44.0 Å². The topological polar surface area (TPSA) is 26.0 Å². The molecule has 0 N–H and O–H groups in total. The van der Waals surface area contributed by atoms with Gasteiger partial charge in [0.2, 0.25) is 0 Å². The maximum absolute atomic E-state index is 4.24. The highest BCUT2D eigenvalue weighted by Crippen LogP contribution is 2.42. The van der Waals surface area contributed by atoms with Crippen LogP contribution in [-0.2, 0) is 0 Å². The molecule has 0 spiro atoms. The molecule has 0 fully saturated rings. The first-order valence-corrected chi connectivity index (χ1v) is 15.9. The van der Waals surface area contributed by atoms with Crippen molar-refractivity contribution in [2.45, 2.75) is 0 Å². The average Bonchev–Trinajstić information content (AvgIpc) is 3.66. The number of para-hydroxylation sites is 4. The summed E-state index contributed by atoms with van der Waals surface area (Å²) in [6.45, 7) is 0. The van der Waals surface area contributed by atoms with E-state index < -0.39 is 0 Å². The molecular weight excluding hydrogens is 573 g/mol. The van der Waals surface area contributed by atoms with Crippen molar-refractivity contribution in [2.24, 2.45) is 0 Å². The second kappa shape index (κ2) is 11.2. The highest BCUT2D eigenvalue weighted by atomic mass is 15.1. The van der Waals surface area contributed by atoms with Crippen LogP contribution in [0.2, 0.25) is 0 Å². The molecule has 4 nitrogen and oxygen atoms in total. The van der Waals surface area contributed by atoms with Crippen molar-refractivity contribution < 1.29 is 0 Å². The lowest BCUT2D eigenvalue weighted by molar-refractivity contribution is 1.07. The Kier molecular flexibility index (Phi) is 6.43. The van der Waals surface area contributed by atoms with Crippen molar-refractivity contribution in [3.8, 4) is 22.5 Å². The quantitative estimate of drug-likeness (QED) is 0.189. The van der Waals surface area contributed by atoms with Crippen LogP contribution >= 0.6 is 0 Å². The number of hydrogen-bond acceptors (Lipinski definition) is 2. The number of hydrogen-bond donors (Lipinski definition) is 0.